The number of hydrogen-bond acceptors (Lipinski definition) is 6. The summed E-state index contributed by atoms with van der Waals surface area (Å²) in [5.74, 6) is 0. The van der Waals surface area contributed by atoms with E-state index >= 15 is 0 Å². The van der Waals surface area contributed by atoms with Crippen LogP contribution in [0.5, 0.6) is 0 Å². The summed E-state index contributed by atoms with van der Waals surface area (Å²) in [6.45, 7) is 3.26. The second kappa shape index (κ2) is 7.49. The molecule has 3 fully saturated rings. The summed E-state index contributed by atoms with van der Waals surface area (Å²) >= 11 is 1.51. The summed E-state index contributed by atoms with van der Waals surface area (Å²) in [6.07, 6.45) is 4.20. The van der Waals surface area contributed by atoms with E-state index in [9.17, 15) is 10.2 Å². The van der Waals surface area contributed by atoms with Gasteiger partial charge in [-0.2, -0.15) is 0 Å². The van der Waals surface area contributed by atoms with Gasteiger partial charge in [0, 0.05) is 19.1 Å². The van der Waals surface area contributed by atoms with Crippen LogP contribution in [0.15, 0.2) is 4.99 Å². The standard InChI is InChI=1S/C15H27N3O3S/c1-2-16-15-18-11-13(20)12(19)10(21-14(11)22-15)8-17-9-6-4-3-5-7-9/h9-14,17,19-20H,2-8H2,1H3,(H,16,18). The molecule has 6 nitrogen and oxygen atoms in total. The Bertz CT molecular complexity index is 403. The molecule has 4 N–H and O–H groups in total. The summed E-state index contributed by atoms with van der Waals surface area (Å²) in [7, 11) is 0. The lowest BCUT2D eigenvalue weighted by atomic mass is 9.94. The van der Waals surface area contributed by atoms with Crippen molar-refractivity contribution in [1.82, 2.24) is 10.6 Å². The summed E-state index contributed by atoms with van der Waals surface area (Å²) in [5, 5.41) is 28.1. The van der Waals surface area contributed by atoms with Gasteiger partial charge in [0.25, 0.3) is 0 Å². The van der Waals surface area contributed by atoms with Crippen molar-refractivity contribution in [3.05, 3.63) is 0 Å². The first kappa shape index (κ1) is 16.5. The topological polar surface area (TPSA) is 86.1 Å². The number of hydrogen-bond donors (Lipinski definition) is 4. The van der Waals surface area contributed by atoms with Crippen molar-refractivity contribution in [2.24, 2.45) is 4.99 Å². The fourth-order valence-corrected chi connectivity index (χ4v) is 4.66. The average molecular weight is 329 g/mol. The molecule has 0 amide bonds. The summed E-state index contributed by atoms with van der Waals surface area (Å²) in [6, 6.07) is 0.238. The number of rotatable bonds is 4. The van der Waals surface area contributed by atoms with Crippen LogP contribution >= 0.6 is 11.8 Å². The minimum Gasteiger partial charge on any atom is -0.388 e. The van der Waals surface area contributed by atoms with Crippen LogP contribution in [0.3, 0.4) is 0 Å². The van der Waals surface area contributed by atoms with E-state index in [-0.39, 0.29) is 17.6 Å². The molecule has 0 aromatic rings. The summed E-state index contributed by atoms with van der Waals surface area (Å²) in [5.41, 5.74) is -0.179. The van der Waals surface area contributed by atoms with E-state index in [1.165, 1.54) is 43.9 Å². The Morgan fingerprint density at radius 2 is 2.05 bits per heavy atom. The van der Waals surface area contributed by atoms with Gasteiger partial charge in [-0.05, 0) is 19.8 Å². The number of aliphatic imine (C=N–C) groups is 1. The van der Waals surface area contributed by atoms with Crippen molar-refractivity contribution in [2.75, 3.05) is 13.1 Å². The largest absolute Gasteiger partial charge is 0.388 e. The van der Waals surface area contributed by atoms with Crippen LogP contribution in [0.25, 0.3) is 0 Å². The van der Waals surface area contributed by atoms with Crippen molar-refractivity contribution < 1.29 is 14.9 Å². The molecular weight excluding hydrogens is 302 g/mol. The number of thioether (sulfide) groups is 1. The summed E-state index contributed by atoms with van der Waals surface area (Å²) in [4.78, 5) is 4.33. The molecule has 2 aliphatic heterocycles. The highest BCUT2D eigenvalue weighted by molar-refractivity contribution is 8.14. The number of nitrogens with zero attached hydrogens (tertiary/aromatic N) is 1. The smallest absolute Gasteiger partial charge is 0.159 e. The minimum atomic E-state index is -0.869. The van der Waals surface area contributed by atoms with Gasteiger partial charge in [0.1, 0.15) is 23.7 Å². The van der Waals surface area contributed by atoms with Gasteiger partial charge in [-0.1, -0.05) is 31.0 Å². The van der Waals surface area contributed by atoms with Crippen molar-refractivity contribution in [3.8, 4) is 0 Å². The molecule has 0 aromatic heterocycles. The highest BCUT2D eigenvalue weighted by atomic mass is 32.2. The first-order valence-corrected chi connectivity index (χ1v) is 9.29. The third kappa shape index (κ3) is 3.59. The van der Waals surface area contributed by atoms with Crippen LogP contribution < -0.4 is 10.6 Å². The van der Waals surface area contributed by atoms with E-state index in [2.05, 4.69) is 15.6 Å². The molecule has 0 bridgehead atoms. The quantitative estimate of drug-likeness (QED) is 0.599. The number of amidine groups is 1. The molecule has 126 valence electrons. The third-order valence-corrected chi connectivity index (χ3v) is 5.84. The molecule has 1 saturated carbocycles. The molecular formula is C15H27N3O3S. The molecule has 3 rings (SSSR count). The van der Waals surface area contributed by atoms with Crippen LogP contribution in [-0.2, 0) is 4.74 Å². The maximum Gasteiger partial charge on any atom is 0.159 e. The zero-order valence-electron chi connectivity index (χ0n) is 13.1. The monoisotopic (exact) mass is 329 g/mol. The predicted octanol–water partition coefficient (Wildman–Crippen LogP) is 0.436. The maximum absolute atomic E-state index is 10.4. The first-order valence-electron chi connectivity index (χ1n) is 8.41. The Kier molecular flexibility index (Phi) is 5.62. The van der Waals surface area contributed by atoms with Crippen LogP contribution in [-0.4, -0.2) is 64.3 Å². The minimum absolute atomic E-state index is 0.179. The molecule has 5 unspecified atom stereocenters. The van der Waals surface area contributed by atoms with E-state index in [1.54, 1.807) is 0 Å². The van der Waals surface area contributed by atoms with Crippen molar-refractivity contribution >= 4 is 16.9 Å². The van der Waals surface area contributed by atoms with Crippen LogP contribution in [0, 0.1) is 0 Å². The number of ether oxygens (including phenoxy) is 1. The molecule has 0 spiro atoms. The van der Waals surface area contributed by atoms with Gasteiger partial charge < -0.3 is 25.6 Å². The maximum atomic E-state index is 10.4. The molecule has 22 heavy (non-hydrogen) atoms. The van der Waals surface area contributed by atoms with Gasteiger partial charge in [0.2, 0.25) is 0 Å². The fourth-order valence-electron chi connectivity index (χ4n) is 3.46. The second-order valence-electron chi connectivity index (χ2n) is 6.33. The molecule has 5 atom stereocenters. The van der Waals surface area contributed by atoms with Gasteiger partial charge in [-0.25, -0.2) is 0 Å². The third-order valence-electron chi connectivity index (χ3n) is 4.73. The van der Waals surface area contributed by atoms with E-state index in [0.717, 1.165) is 5.17 Å². The molecule has 0 radical (unpaired) electrons. The zero-order valence-corrected chi connectivity index (χ0v) is 13.9. The lowest BCUT2D eigenvalue weighted by Gasteiger charge is -2.39. The van der Waals surface area contributed by atoms with E-state index in [1.807, 2.05) is 6.92 Å². The van der Waals surface area contributed by atoms with Crippen molar-refractivity contribution in [2.45, 2.75) is 74.9 Å². The lowest BCUT2D eigenvalue weighted by Crippen LogP contribution is -2.61. The zero-order chi connectivity index (χ0) is 15.5. The van der Waals surface area contributed by atoms with Crippen molar-refractivity contribution in [3.63, 3.8) is 0 Å². The Morgan fingerprint density at radius 1 is 1.27 bits per heavy atom. The number of aliphatic hydroxyl groups excluding tert-OH is 2. The van der Waals surface area contributed by atoms with Gasteiger partial charge >= 0.3 is 0 Å². The first-order chi connectivity index (χ1) is 10.7. The van der Waals surface area contributed by atoms with Gasteiger partial charge in [-0.15, -0.1) is 0 Å². The fraction of sp³-hybridized carbons (Fsp3) is 0.933. The van der Waals surface area contributed by atoms with E-state index < -0.39 is 12.2 Å². The van der Waals surface area contributed by atoms with E-state index in [4.69, 9.17) is 4.74 Å². The Balaban J connectivity index is 1.56. The van der Waals surface area contributed by atoms with Crippen LogP contribution in [0.2, 0.25) is 0 Å². The SMILES string of the molecule is CCN=C1NC2C(OC(CNC3CCCCC3)C(O)C2O)S1. The summed E-state index contributed by atoms with van der Waals surface area (Å²) < 4.78 is 6.01. The molecule has 7 heteroatoms. The Hall–Kier alpha value is -0.340. The van der Waals surface area contributed by atoms with E-state index in [0.29, 0.717) is 19.1 Å². The van der Waals surface area contributed by atoms with Crippen molar-refractivity contribution in [1.29, 1.82) is 0 Å². The highest BCUT2D eigenvalue weighted by Gasteiger charge is 2.48. The number of fused-ring (bicyclic) bond motifs is 1. The number of nitrogens with one attached hydrogen (secondary N) is 2. The van der Waals surface area contributed by atoms with Crippen LogP contribution in [0.1, 0.15) is 39.0 Å². The second-order valence-corrected chi connectivity index (χ2v) is 7.42. The Labute approximate surface area is 136 Å². The normalized spacial score (nSPS) is 41.4. The van der Waals surface area contributed by atoms with Gasteiger partial charge in [0.05, 0.1) is 6.04 Å². The molecule has 1 aliphatic carbocycles. The molecule has 2 heterocycles. The predicted molar refractivity (Wildman–Crippen MR) is 88.0 cm³/mol. The van der Waals surface area contributed by atoms with Gasteiger partial charge in [0.15, 0.2) is 5.17 Å². The van der Waals surface area contributed by atoms with Gasteiger partial charge in [-0.3, -0.25) is 4.99 Å². The van der Waals surface area contributed by atoms with Crippen LogP contribution in [0.4, 0.5) is 0 Å². The molecule has 2 saturated heterocycles. The Morgan fingerprint density at radius 3 is 2.77 bits per heavy atom. The average Bonchev–Trinajstić information content (AvgIpc) is 2.94. The number of aliphatic hydroxyl groups is 2. The molecule has 3 aliphatic rings. The molecule has 0 aromatic carbocycles. The highest BCUT2D eigenvalue weighted by Crippen LogP contribution is 2.33. The lowest BCUT2D eigenvalue weighted by molar-refractivity contribution is -0.154.